The van der Waals surface area contributed by atoms with E-state index in [4.69, 9.17) is 0 Å². The summed E-state index contributed by atoms with van der Waals surface area (Å²) in [6.07, 6.45) is 4.32. The quantitative estimate of drug-likeness (QED) is 0.493. The van der Waals surface area contributed by atoms with E-state index in [-0.39, 0.29) is 17.7 Å². The molecule has 17 heavy (non-hydrogen) atoms. The van der Waals surface area contributed by atoms with Crippen LogP contribution in [0.2, 0.25) is 0 Å². The van der Waals surface area contributed by atoms with Crippen LogP contribution in [0.15, 0.2) is 36.4 Å². The Hall–Kier alpha value is -2.10. The summed E-state index contributed by atoms with van der Waals surface area (Å²) in [4.78, 5) is 22.7. The average Bonchev–Trinajstić information content (AvgIpc) is 2.29. The molecule has 0 unspecified atom stereocenters. The minimum Gasteiger partial charge on any atom is -0.507 e. The van der Waals surface area contributed by atoms with Gasteiger partial charge in [-0.05, 0) is 18.6 Å². The van der Waals surface area contributed by atoms with Gasteiger partial charge in [-0.3, -0.25) is 4.79 Å². The average molecular weight is 234 g/mol. The molecule has 90 valence electrons. The van der Waals surface area contributed by atoms with Crippen molar-refractivity contribution in [2.75, 3.05) is 0 Å². The molecule has 1 aromatic carbocycles. The Morgan fingerprint density at radius 2 is 2.00 bits per heavy atom. The molecule has 4 heteroatoms. The molecule has 0 atom stereocenters. The van der Waals surface area contributed by atoms with Crippen LogP contribution in [-0.2, 0) is 9.53 Å². The van der Waals surface area contributed by atoms with Crippen LogP contribution in [0.4, 0.5) is 0 Å². The van der Waals surface area contributed by atoms with Gasteiger partial charge in [0.05, 0.1) is 6.42 Å². The van der Waals surface area contributed by atoms with Gasteiger partial charge >= 0.3 is 11.9 Å². The number of carbonyl (C=O) groups excluding carboxylic acids is 2. The maximum absolute atomic E-state index is 11.5. The number of hydrogen-bond donors (Lipinski definition) is 1. The van der Waals surface area contributed by atoms with Crippen LogP contribution in [0.3, 0.4) is 0 Å². The number of rotatable bonds is 4. The smallest absolute Gasteiger partial charge is 0.349 e. The number of aromatic hydroxyl groups is 1. The highest BCUT2D eigenvalue weighted by Crippen LogP contribution is 2.16. The van der Waals surface area contributed by atoms with E-state index in [1.807, 2.05) is 13.0 Å². The summed E-state index contributed by atoms with van der Waals surface area (Å²) in [6, 6.07) is 5.92. The minimum absolute atomic E-state index is 0.0136. The lowest BCUT2D eigenvalue weighted by Crippen LogP contribution is -2.11. The van der Waals surface area contributed by atoms with Crippen molar-refractivity contribution < 1.29 is 19.4 Å². The molecule has 0 spiro atoms. The molecule has 4 nitrogen and oxygen atoms in total. The Morgan fingerprint density at radius 3 is 2.65 bits per heavy atom. The predicted molar refractivity (Wildman–Crippen MR) is 62.6 cm³/mol. The summed E-state index contributed by atoms with van der Waals surface area (Å²) in [7, 11) is 0. The molecule has 0 fully saturated rings. The number of hydrogen-bond acceptors (Lipinski definition) is 4. The molecule has 1 rings (SSSR count). The highest BCUT2D eigenvalue weighted by Gasteiger charge is 2.14. The number of phenols is 1. The van der Waals surface area contributed by atoms with Crippen molar-refractivity contribution in [3.8, 4) is 5.75 Å². The first-order valence-corrected chi connectivity index (χ1v) is 5.33. The summed E-state index contributed by atoms with van der Waals surface area (Å²) in [5.74, 6) is -1.67. The van der Waals surface area contributed by atoms with Crippen molar-refractivity contribution in [3.05, 3.63) is 42.0 Å². The summed E-state index contributed by atoms with van der Waals surface area (Å²) in [5.41, 5.74) is -0.0136. The van der Waals surface area contributed by atoms with Gasteiger partial charge in [0.25, 0.3) is 0 Å². The van der Waals surface area contributed by atoms with Gasteiger partial charge in [-0.1, -0.05) is 31.2 Å². The molecule has 0 amide bonds. The van der Waals surface area contributed by atoms with Gasteiger partial charge in [0.1, 0.15) is 11.3 Å². The first-order valence-electron chi connectivity index (χ1n) is 5.33. The Morgan fingerprint density at radius 1 is 1.29 bits per heavy atom. The van der Waals surface area contributed by atoms with E-state index >= 15 is 0 Å². The molecule has 0 radical (unpaired) electrons. The van der Waals surface area contributed by atoms with Crippen LogP contribution in [0, 0.1) is 0 Å². The molecule has 1 N–H and O–H groups in total. The number of benzene rings is 1. The lowest BCUT2D eigenvalue weighted by Gasteiger charge is -2.02. The lowest BCUT2D eigenvalue weighted by atomic mass is 10.2. The zero-order valence-electron chi connectivity index (χ0n) is 9.55. The van der Waals surface area contributed by atoms with E-state index in [1.54, 1.807) is 18.2 Å². The number of ether oxygens (including phenoxy) is 1. The molecular weight excluding hydrogens is 220 g/mol. The van der Waals surface area contributed by atoms with Crippen LogP contribution in [0.25, 0.3) is 0 Å². The predicted octanol–water partition coefficient (Wildman–Crippen LogP) is 2.43. The van der Waals surface area contributed by atoms with Gasteiger partial charge in [0.2, 0.25) is 0 Å². The van der Waals surface area contributed by atoms with Gasteiger partial charge in [-0.15, -0.1) is 0 Å². The van der Waals surface area contributed by atoms with Gasteiger partial charge in [0.15, 0.2) is 0 Å². The lowest BCUT2D eigenvalue weighted by molar-refractivity contribution is -0.136. The Bertz CT molecular complexity index is 435. The molecule has 0 saturated carbocycles. The second kappa shape index (κ2) is 6.48. The molecular formula is C13H14O4. The van der Waals surface area contributed by atoms with Crippen molar-refractivity contribution in [1.82, 2.24) is 0 Å². The summed E-state index contributed by atoms with van der Waals surface area (Å²) in [6.45, 7) is 1.94. The Balaban J connectivity index is 2.58. The van der Waals surface area contributed by atoms with Crippen molar-refractivity contribution in [2.45, 2.75) is 19.8 Å². The highest BCUT2D eigenvalue weighted by molar-refractivity contribution is 5.98. The summed E-state index contributed by atoms with van der Waals surface area (Å²) >= 11 is 0. The number of allylic oxidation sites excluding steroid dienone is 1. The van der Waals surface area contributed by atoms with Crippen molar-refractivity contribution >= 4 is 11.9 Å². The van der Waals surface area contributed by atoms with Crippen LogP contribution in [0.1, 0.15) is 30.1 Å². The summed E-state index contributed by atoms with van der Waals surface area (Å²) < 4.78 is 4.57. The molecule has 0 aliphatic carbocycles. The minimum atomic E-state index is -0.835. The number of esters is 2. The third-order valence-electron chi connectivity index (χ3n) is 2.02. The van der Waals surface area contributed by atoms with Crippen LogP contribution in [-0.4, -0.2) is 17.0 Å². The fourth-order valence-electron chi connectivity index (χ4n) is 1.19. The standard InChI is InChI=1S/C13H14O4/c1-2-3-4-9-12(15)17-13(16)10-7-5-6-8-11(10)14/h3-8,14H,2,9H2,1H3. The largest absolute Gasteiger partial charge is 0.507 e. The fourth-order valence-corrected chi connectivity index (χ4v) is 1.19. The maximum Gasteiger partial charge on any atom is 0.349 e. The third kappa shape index (κ3) is 4.10. The van der Waals surface area contributed by atoms with Crippen LogP contribution >= 0.6 is 0 Å². The topological polar surface area (TPSA) is 63.6 Å². The molecule has 0 bridgehead atoms. The van der Waals surface area contributed by atoms with Crippen LogP contribution in [0.5, 0.6) is 5.75 Å². The van der Waals surface area contributed by atoms with Crippen LogP contribution < -0.4 is 0 Å². The van der Waals surface area contributed by atoms with Gasteiger partial charge < -0.3 is 9.84 Å². The van der Waals surface area contributed by atoms with E-state index in [1.165, 1.54) is 12.1 Å². The van der Waals surface area contributed by atoms with Gasteiger partial charge in [-0.25, -0.2) is 4.79 Å². The van der Waals surface area contributed by atoms with Crippen molar-refractivity contribution in [1.29, 1.82) is 0 Å². The maximum atomic E-state index is 11.5. The van der Waals surface area contributed by atoms with E-state index in [2.05, 4.69) is 4.74 Å². The zero-order valence-corrected chi connectivity index (χ0v) is 9.55. The molecule has 1 aromatic rings. The van der Waals surface area contributed by atoms with Crippen molar-refractivity contribution in [2.24, 2.45) is 0 Å². The zero-order chi connectivity index (χ0) is 12.7. The number of para-hydroxylation sites is 1. The Labute approximate surface area is 99.5 Å². The van der Waals surface area contributed by atoms with Gasteiger partial charge in [0, 0.05) is 0 Å². The highest BCUT2D eigenvalue weighted by atomic mass is 16.6. The summed E-state index contributed by atoms with van der Waals surface area (Å²) in [5, 5.41) is 9.38. The molecule has 0 aliphatic rings. The first-order chi connectivity index (χ1) is 8.15. The Kier molecular flexibility index (Phi) is 4.94. The second-order valence-electron chi connectivity index (χ2n) is 3.36. The van der Waals surface area contributed by atoms with E-state index in [0.717, 1.165) is 6.42 Å². The number of phenolic OH excluding ortho intramolecular Hbond substituents is 1. The molecule has 0 aromatic heterocycles. The first kappa shape index (κ1) is 13.0. The SMILES string of the molecule is CCC=CCC(=O)OC(=O)c1ccccc1O. The third-order valence-corrected chi connectivity index (χ3v) is 2.02. The van der Waals surface area contributed by atoms with Gasteiger partial charge in [-0.2, -0.15) is 0 Å². The van der Waals surface area contributed by atoms with E-state index in [9.17, 15) is 14.7 Å². The van der Waals surface area contributed by atoms with E-state index in [0.29, 0.717) is 0 Å². The normalized spacial score (nSPS) is 10.4. The molecule has 0 saturated heterocycles. The molecule has 0 heterocycles. The fraction of sp³-hybridized carbons (Fsp3) is 0.231. The molecule has 0 aliphatic heterocycles. The van der Waals surface area contributed by atoms with Crippen molar-refractivity contribution in [3.63, 3.8) is 0 Å². The number of carbonyl (C=O) groups is 2. The second-order valence-corrected chi connectivity index (χ2v) is 3.36. The monoisotopic (exact) mass is 234 g/mol. The van der Waals surface area contributed by atoms with E-state index < -0.39 is 11.9 Å².